The van der Waals surface area contributed by atoms with Crippen molar-refractivity contribution >= 4 is 0 Å². The van der Waals surface area contributed by atoms with Gasteiger partial charge in [0.25, 0.3) is 0 Å². The summed E-state index contributed by atoms with van der Waals surface area (Å²) in [5, 5.41) is 0. The van der Waals surface area contributed by atoms with E-state index in [1.807, 2.05) is 0 Å². The molecule has 0 aromatic rings. The molecule has 0 aromatic heterocycles. The van der Waals surface area contributed by atoms with Crippen molar-refractivity contribution in [3.63, 3.8) is 0 Å². The number of nitrogens with two attached hydrogens (primary N) is 1. The van der Waals surface area contributed by atoms with Crippen LogP contribution in [0.25, 0.3) is 0 Å². The van der Waals surface area contributed by atoms with Crippen molar-refractivity contribution < 1.29 is 4.74 Å². The van der Waals surface area contributed by atoms with Gasteiger partial charge in [-0.05, 0) is 44.4 Å². The second-order valence-electron chi connectivity index (χ2n) is 5.58. The lowest BCUT2D eigenvalue weighted by Gasteiger charge is -2.33. The maximum absolute atomic E-state index is 6.19. The fraction of sp³-hybridized carbons (Fsp3) is 1.00. The van der Waals surface area contributed by atoms with Crippen molar-refractivity contribution in [2.24, 2.45) is 11.7 Å². The Labute approximate surface area is 93.6 Å². The van der Waals surface area contributed by atoms with Gasteiger partial charge in [-0.3, -0.25) is 0 Å². The summed E-state index contributed by atoms with van der Waals surface area (Å²) in [5.41, 5.74) is 5.98. The van der Waals surface area contributed by atoms with Crippen LogP contribution in [-0.2, 0) is 4.74 Å². The third-order valence-electron chi connectivity index (χ3n) is 3.94. The number of hydrogen-bond donors (Lipinski definition) is 1. The minimum Gasteiger partial charge on any atom is -0.375 e. The summed E-state index contributed by atoms with van der Waals surface area (Å²) in [4.78, 5) is 0. The van der Waals surface area contributed by atoms with Crippen molar-refractivity contribution in [3.8, 4) is 0 Å². The molecule has 0 bridgehead atoms. The quantitative estimate of drug-likeness (QED) is 0.762. The van der Waals surface area contributed by atoms with Crippen LogP contribution in [0.15, 0.2) is 0 Å². The molecular formula is C13H25NO. The van der Waals surface area contributed by atoms with Crippen molar-refractivity contribution in [2.45, 2.75) is 76.5 Å². The molecule has 88 valence electrons. The summed E-state index contributed by atoms with van der Waals surface area (Å²) < 4.78 is 6.19. The lowest BCUT2D eigenvalue weighted by Crippen LogP contribution is -2.35. The van der Waals surface area contributed by atoms with Crippen molar-refractivity contribution in [1.29, 1.82) is 0 Å². The monoisotopic (exact) mass is 211 g/mol. The highest BCUT2D eigenvalue weighted by atomic mass is 16.5. The second-order valence-corrected chi connectivity index (χ2v) is 5.58. The Morgan fingerprint density at radius 3 is 2.27 bits per heavy atom. The molecule has 2 nitrogen and oxygen atoms in total. The first-order valence-electron chi connectivity index (χ1n) is 6.65. The van der Waals surface area contributed by atoms with Crippen molar-refractivity contribution in [2.75, 3.05) is 0 Å². The van der Waals surface area contributed by atoms with E-state index in [0.29, 0.717) is 18.2 Å². The van der Waals surface area contributed by atoms with Gasteiger partial charge in [-0.25, -0.2) is 0 Å². The van der Waals surface area contributed by atoms with E-state index in [4.69, 9.17) is 10.5 Å². The molecule has 0 heterocycles. The topological polar surface area (TPSA) is 35.2 Å². The molecular weight excluding hydrogens is 186 g/mol. The molecule has 2 saturated carbocycles. The first-order chi connectivity index (χ1) is 7.24. The predicted molar refractivity (Wildman–Crippen MR) is 62.7 cm³/mol. The molecule has 15 heavy (non-hydrogen) atoms. The smallest absolute Gasteiger partial charge is 0.0593 e. The minimum absolute atomic E-state index is 0.393. The van der Waals surface area contributed by atoms with Crippen LogP contribution in [-0.4, -0.2) is 18.2 Å². The van der Waals surface area contributed by atoms with Gasteiger partial charge in [0.15, 0.2) is 0 Å². The normalized spacial score (nSPS) is 42.8. The average molecular weight is 211 g/mol. The minimum atomic E-state index is 0.393. The highest BCUT2D eigenvalue weighted by Gasteiger charge is 2.25. The van der Waals surface area contributed by atoms with E-state index in [1.54, 1.807) is 0 Å². The zero-order valence-electron chi connectivity index (χ0n) is 9.95. The Kier molecular flexibility index (Phi) is 4.04. The molecule has 0 spiro atoms. The first-order valence-corrected chi connectivity index (χ1v) is 6.65. The zero-order chi connectivity index (χ0) is 10.7. The van der Waals surface area contributed by atoms with Crippen LogP contribution in [0.1, 0.15) is 58.3 Å². The molecule has 2 N–H and O–H groups in total. The summed E-state index contributed by atoms with van der Waals surface area (Å²) in [6.07, 6.45) is 11.1. The third kappa shape index (κ3) is 3.46. The molecule has 0 radical (unpaired) electrons. The molecule has 2 fully saturated rings. The van der Waals surface area contributed by atoms with Crippen LogP contribution < -0.4 is 5.73 Å². The van der Waals surface area contributed by atoms with Gasteiger partial charge in [0.1, 0.15) is 0 Å². The fourth-order valence-corrected chi connectivity index (χ4v) is 3.08. The van der Waals surface area contributed by atoms with E-state index < -0.39 is 0 Å². The van der Waals surface area contributed by atoms with Gasteiger partial charge in [0.05, 0.1) is 12.2 Å². The second kappa shape index (κ2) is 5.31. The van der Waals surface area contributed by atoms with Crippen molar-refractivity contribution in [1.82, 2.24) is 0 Å². The molecule has 0 aliphatic heterocycles. The van der Waals surface area contributed by atoms with E-state index in [9.17, 15) is 0 Å². The predicted octanol–water partition coefficient (Wildman–Crippen LogP) is 2.85. The van der Waals surface area contributed by atoms with Gasteiger partial charge in [-0.2, -0.15) is 0 Å². The van der Waals surface area contributed by atoms with Gasteiger partial charge >= 0.3 is 0 Å². The van der Waals surface area contributed by atoms with Crippen LogP contribution >= 0.6 is 0 Å². The van der Waals surface area contributed by atoms with Crippen LogP contribution in [0.4, 0.5) is 0 Å². The van der Waals surface area contributed by atoms with Gasteiger partial charge in [0.2, 0.25) is 0 Å². The lowest BCUT2D eigenvalue weighted by atomic mass is 9.88. The fourth-order valence-electron chi connectivity index (χ4n) is 3.08. The first kappa shape index (κ1) is 11.4. The molecule has 2 aliphatic rings. The van der Waals surface area contributed by atoms with E-state index in [-0.39, 0.29) is 0 Å². The molecule has 2 rings (SSSR count). The lowest BCUT2D eigenvalue weighted by molar-refractivity contribution is -0.0554. The van der Waals surface area contributed by atoms with Crippen LogP contribution in [0.5, 0.6) is 0 Å². The molecule has 4 atom stereocenters. The van der Waals surface area contributed by atoms with Gasteiger partial charge < -0.3 is 10.5 Å². The molecule has 0 aromatic carbocycles. The van der Waals surface area contributed by atoms with Crippen LogP contribution in [0, 0.1) is 5.92 Å². The molecule has 0 amide bonds. The summed E-state index contributed by atoms with van der Waals surface area (Å²) in [6, 6.07) is 0.393. The summed E-state index contributed by atoms with van der Waals surface area (Å²) in [5.74, 6) is 0.862. The maximum atomic E-state index is 6.19. The SMILES string of the molecule is CC1CCCC(OC2CCCC(N)C2)C1. The van der Waals surface area contributed by atoms with Gasteiger partial charge in [-0.15, -0.1) is 0 Å². The molecule has 4 unspecified atom stereocenters. The highest BCUT2D eigenvalue weighted by Crippen LogP contribution is 2.29. The van der Waals surface area contributed by atoms with Crippen molar-refractivity contribution in [3.05, 3.63) is 0 Å². The highest BCUT2D eigenvalue weighted by molar-refractivity contribution is 4.78. The Bertz CT molecular complexity index is 175. The van der Waals surface area contributed by atoms with E-state index in [2.05, 4.69) is 6.92 Å². The van der Waals surface area contributed by atoms with Crippen LogP contribution in [0.3, 0.4) is 0 Å². The molecule has 2 heteroatoms. The summed E-state index contributed by atoms with van der Waals surface area (Å²) in [6.45, 7) is 2.35. The zero-order valence-corrected chi connectivity index (χ0v) is 9.95. The van der Waals surface area contributed by atoms with Crippen LogP contribution in [0.2, 0.25) is 0 Å². The van der Waals surface area contributed by atoms with Gasteiger partial charge in [0, 0.05) is 6.04 Å². The Morgan fingerprint density at radius 2 is 1.60 bits per heavy atom. The standard InChI is InChI=1S/C13H25NO/c1-10-4-2-6-12(8-10)15-13-7-3-5-11(14)9-13/h10-13H,2-9,14H2,1H3. The molecule has 0 saturated heterocycles. The Hall–Kier alpha value is -0.0800. The summed E-state index contributed by atoms with van der Waals surface area (Å²) >= 11 is 0. The Morgan fingerprint density at radius 1 is 0.933 bits per heavy atom. The number of ether oxygens (including phenoxy) is 1. The summed E-state index contributed by atoms with van der Waals surface area (Å²) in [7, 11) is 0. The average Bonchev–Trinajstić information content (AvgIpc) is 2.17. The van der Waals surface area contributed by atoms with E-state index >= 15 is 0 Å². The Balaban J connectivity index is 1.75. The van der Waals surface area contributed by atoms with E-state index in [1.165, 1.54) is 44.9 Å². The number of hydrogen-bond acceptors (Lipinski definition) is 2. The van der Waals surface area contributed by atoms with Gasteiger partial charge in [-0.1, -0.05) is 19.8 Å². The third-order valence-corrected chi connectivity index (χ3v) is 3.94. The number of rotatable bonds is 2. The maximum Gasteiger partial charge on any atom is 0.0593 e. The molecule has 2 aliphatic carbocycles. The largest absolute Gasteiger partial charge is 0.375 e. The van der Waals surface area contributed by atoms with E-state index in [0.717, 1.165) is 12.3 Å².